The second-order valence-electron chi connectivity index (χ2n) is 8.42. The number of benzene rings is 4. The smallest absolute Gasteiger partial charge is 0.417 e. The number of carbonyl (C=O) groups excluding carboxylic acids is 2. The first-order chi connectivity index (χ1) is 17.1. The molecule has 0 bridgehead atoms. The molecule has 1 heterocycles. The molecule has 1 aliphatic heterocycles. The Morgan fingerprint density at radius 2 is 1.63 bits per heavy atom. The highest BCUT2D eigenvalue weighted by molar-refractivity contribution is 5.97. The largest absolute Gasteiger partial charge is 0.447 e. The van der Waals surface area contributed by atoms with Crippen LogP contribution in [0.4, 0.5) is 4.79 Å². The Morgan fingerprint density at radius 3 is 2.37 bits per heavy atom. The summed E-state index contributed by atoms with van der Waals surface area (Å²) < 4.78 is 5.18. The maximum Gasteiger partial charge on any atom is 0.417 e. The van der Waals surface area contributed by atoms with Crippen molar-refractivity contribution in [3.63, 3.8) is 0 Å². The molecule has 7 heteroatoms. The Kier molecular flexibility index (Phi) is 6.16. The average molecular weight is 463 g/mol. The second-order valence-corrected chi connectivity index (χ2v) is 8.42. The van der Waals surface area contributed by atoms with Crippen LogP contribution >= 0.6 is 0 Å². The molecular weight excluding hydrogens is 440 g/mol. The summed E-state index contributed by atoms with van der Waals surface area (Å²) in [5.74, 6) is -0.593. The Hall–Kier alpha value is -4.61. The van der Waals surface area contributed by atoms with Crippen LogP contribution in [0.25, 0.3) is 32.3 Å². The zero-order valence-corrected chi connectivity index (χ0v) is 18.8. The number of ether oxygens (including phenoxy) is 1. The zero-order valence-electron chi connectivity index (χ0n) is 18.8. The van der Waals surface area contributed by atoms with E-state index in [2.05, 4.69) is 34.3 Å². The van der Waals surface area contributed by atoms with Crippen molar-refractivity contribution in [2.45, 2.75) is 18.5 Å². The van der Waals surface area contributed by atoms with Gasteiger partial charge >= 0.3 is 6.09 Å². The van der Waals surface area contributed by atoms with Gasteiger partial charge in [0.2, 0.25) is 5.91 Å². The molecule has 1 fully saturated rings. The molecule has 7 nitrogen and oxygen atoms in total. The van der Waals surface area contributed by atoms with Gasteiger partial charge in [0, 0.05) is 4.91 Å². The van der Waals surface area contributed by atoms with Gasteiger partial charge in [-0.2, -0.15) is 0 Å². The minimum absolute atomic E-state index is 0.101. The van der Waals surface area contributed by atoms with Crippen molar-refractivity contribution >= 4 is 22.8 Å². The van der Waals surface area contributed by atoms with E-state index in [0.717, 1.165) is 32.4 Å². The number of amides is 2. The Morgan fingerprint density at radius 1 is 0.943 bits per heavy atom. The highest BCUT2D eigenvalue weighted by Gasteiger charge is 2.41. The fourth-order valence-corrected chi connectivity index (χ4v) is 4.44. The van der Waals surface area contributed by atoms with Crippen molar-refractivity contribution in [3.8, 4) is 11.1 Å². The monoisotopic (exact) mass is 462 g/mol. The molecule has 5 rings (SSSR count). The molecule has 0 aromatic heterocycles. The van der Waals surface area contributed by atoms with Gasteiger partial charge in [-0.05, 0) is 51.0 Å². The lowest BCUT2D eigenvalue weighted by Gasteiger charge is -2.23. The predicted octanol–water partition coefficient (Wildman–Crippen LogP) is 6.45. The molecule has 0 spiro atoms. The third kappa shape index (κ3) is 4.58. The number of imide groups is 1. The van der Waals surface area contributed by atoms with E-state index in [1.54, 1.807) is 12.1 Å². The molecule has 4 aromatic rings. The molecule has 1 aliphatic rings. The zero-order chi connectivity index (χ0) is 24.2. The standard InChI is InChI=1S/C28H22N4O3/c29-31-30-26(27(33)32-25(18-35-28(32)34)16-19-6-2-1-3-7-19)22-13-10-21(11-14-22)24-15-12-20-8-4-5-9-23(20)17-24/h1-15,17,25-26H,16,18H2/t25-,26-/m0/s1. The van der Waals surface area contributed by atoms with Gasteiger partial charge in [-0.15, -0.1) is 0 Å². The van der Waals surface area contributed by atoms with Crippen molar-refractivity contribution in [1.29, 1.82) is 0 Å². The summed E-state index contributed by atoms with van der Waals surface area (Å²) in [4.78, 5) is 29.8. The summed E-state index contributed by atoms with van der Waals surface area (Å²) in [5, 5.41) is 6.03. The topological polar surface area (TPSA) is 95.4 Å². The Balaban J connectivity index is 1.40. The van der Waals surface area contributed by atoms with Gasteiger partial charge in [-0.25, -0.2) is 9.69 Å². The number of cyclic esters (lactones) is 1. The van der Waals surface area contributed by atoms with Gasteiger partial charge in [-0.3, -0.25) is 4.79 Å². The number of hydrogen-bond acceptors (Lipinski definition) is 4. The van der Waals surface area contributed by atoms with Crippen LogP contribution < -0.4 is 0 Å². The molecule has 0 unspecified atom stereocenters. The summed E-state index contributed by atoms with van der Waals surface area (Å²) >= 11 is 0. The Bertz CT molecular complexity index is 1430. The molecular formula is C28H22N4O3. The molecule has 0 saturated carbocycles. The molecule has 1 saturated heterocycles. The lowest BCUT2D eigenvalue weighted by atomic mass is 9.98. The van der Waals surface area contributed by atoms with E-state index in [4.69, 9.17) is 10.3 Å². The SMILES string of the molecule is [N-]=[N+]=N[C@H](C(=O)N1C(=O)OC[C@@H]1Cc1ccccc1)c1ccc(-c2ccc3ccccc3c2)cc1. The number of carbonyl (C=O) groups is 2. The molecule has 0 aliphatic carbocycles. The van der Waals surface area contributed by atoms with Crippen LogP contribution in [0.2, 0.25) is 0 Å². The van der Waals surface area contributed by atoms with E-state index in [0.29, 0.717) is 12.0 Å². The molecule has 0 radical (unpaired) electrons. The van der Waals surface area contributed by atoms with Gasteiger partial charge in [0.15, 0.2) is 0 Å². The van der Waals surface area contributed by atoms with Gasteiger partial charge < -0.3 is 4.74 Å². The molecule has 172 valence electrons. The number of azide groups is 1. The quantitative estimate of drug-likeness (QED) is 0.187. The summed E-state index contributed by atoms with van der Waals surface area (Å²) in [6.07, 6.45) is -0.260. The predicted molar refractivity (Wildman–Crippen MR) is 133 cm³/mol. The molecule has 2 amide bonds. The van der Waals surface area contributed by atoms with Crippen molar-refractivity contribution in [1.82, 2.24) is 4.90 Å². The highest BCUT2D eigenvalue weighted by Crippen LogP contribution is 2.29. The number of hydrogen-bond donors (Lipinski definition) is 0. The van der Waals surface area contributed by atoms with Gasteiger partial charge in [-0.1, -0.05) is 96.1 Å². The fraction of sp³-hybridized carbons (Fsp3) is 0.143. The average Bonchev–Trinajstić information content (AvgIpc) is 3.27. The van der Waals surface area contributed by atoms with E-state index in [1.807, 2.05) is 60.7 Å². The van der Waals surface area contributed by atoms with Crippen LogP contribution in [0.1, 0.15) is 17.2 Å². The van der Waals surface area contributed by atoms with E-state index in [-0.39, 0.29) is 6.61 Å². The van der Waals surface area contributed by atoms with E-state index in [1.165, 1.54) is 0 Å². The van der Waals surface area contributed by atoms with Crippen molar-refractivity contribution < 1.29 is 14.3 Å². The first-order valence-corrected chi connectivity index (χ1v) is 11.3. The first kappa shape index (κ1) is 22.2. The van der Waals surface area contributed by atoms with Crippen molar-refractivity contribution in [2.24, 2.45) is 5.11 Å². The maximum atomic E-state index is 13.4. The lowest BCUT2D eigenvalue weighted by Crippen LogP contribution is -2.42. The van der Waals surface area contributed by atoms with Crippen LogP contribution in [-0.2, 0) is 16.0 Å². The Labute approximate surface area is 202 Å². The van der Waals surface area contributed by atoms with Gasteiger partial charge in [0.1, 0.15) is 12.6 Å². The van der Waals surface area contributed by atoms with E-state index >= 15 is 0 Å². The fourth-order valence-electron chi connectivity index (χ4n) is 4.44. The van der Waals surface area contributed by atoms with Crippen molar-refractivity contribution in [2.75, 3.05) is 6.61 Å². The van der Waals surface area contributed by atoms with Crippen molar-refractivity contribution in [3.05, 3.63) is 119 Å². The van der Waals surface area contributed by atoms with Crippen LogP contribution in [0.3, 0.4) is 0 Å². The third-order valence-electron chi connectivity index (χ3n) is 6.22. The summed E-state index contributed by atoms with van der Waals surface area (Å²) in [6.45, 7) is 0.101. The second kappa shape index (κ2) is 9.71. The van der Waals surface area contributed by atoms with E-state index < -0.39 is 24.1 Å². The molecule has 35 heavy (non-hydrogen) atoms. The van der Waals surface area contributed by atoms with Crippen LogP contribution in [-0.4, -0.2) is 29.5 Å². The minimum atomic E-state index is -1.17. The lowest BCUT2D eigenvalue weighted by molar-refractivity contribution is -0.130. The first-order valence-electron chi connectivity index (χ1n) is 11.3. The highest BCUT2D eigenvalue weighted by atomic mass is 16.6. The number of fused-ring (bicyclic) bond motifs is 1. The molecule has 4 aromatic carbocycles. The summed E-state index contributed by atoms with van der Waals surface area (Å²) in [7, 11) is 0. The van der Waals surface area contributed by atoms with Crippen LogP contribution in [0, 0.1) is 0 Å². The van der Waals surface area contributed by atoms with Crippen LogP contribution in [0.15, 0.2) is 102 Å². The van der Waals surface area contributed by atoms with Gasteiger partial charge in [0.05, 0.1) is 6.04 Å². The van der Waals surface area contributed by atoms with Crippen LogP contribution in [0.5, 0.6) is 0 Å². The minimum Gasteiger partial charge on any atom is -0.447 e. The number of rotatable bonds is 6. The van der Waals surface area contributed by atoms with E-state index in [9.17, 15) is 9.59 Å². The molecule has 0 N–H and O–H groups in total. The van der Waals surface area contributed by atoms with Gasteiger partial charge in [0.25, 0.3) is 0 Å². The molecule has 2 atom stereocenters. The maximum absolute atomic E-state index is 13.4. The number of nitrogens with zero attached hydrogens (tertiary/aromatic N) is 4. The normalized spacial score (nSPS) is 15.9. The summed E-state index contributed by atoms with van der Waals surface area (Å²) in [5.41, 5.74) is 12.7. The third-order valence-corrected chi connectivity index (χ3v) is 6.22. The summed E-state index contributed by atoms with van der Waals surface area (Å²) in [6, 6.07) is 29.6.